The number of benzene rings is 2. The summed E-state index contributed by atoms with van der Waals surface area (Å²) in [7, 11) is 16.7. The minimum Gasteiger partial charge on any atom is -0.384 e. The summed E-state index contributed by atoms with van der Waals surface area (Å²) in [4.78, 5) is 48.9. The Morgan fingerprint density at radius 1 is 0.250 bits per heavy atom. The molecule has 0 saturated heterocycles. The van der Waals surface area contributed by atoms with Crippen molar-refractivity contribution in [3.63, 3.8) is 0 Å². The van der Waals surface area contributed by atoms with Crippen LogP contribution in [0.25, 0.3) is 0 Å². The first kappa shape index (κ1) is 137. The Kier molecular flexibility index (Phi) is 59.0. The molecule has 0 spiro atoms. The van der Waals surface area contributed by atoms with E-state index < -0.39 is 0 Å². The molecule has 0 fully saturated rings. The predicted octanol–water partition coefficient (Wildman–Crippen LogP) is 37.1. The summed E-state index contributed by atoms with van der Waals surface area (Å²) >= 11 is 0. The van der Waals surface area contributed by atoms with E-state index in [-0.39, 0.29) is 10.8 Å². The van der Waals surface area contributed by atoms with Crippen molar-refractivity contribution in [2.45, 2.75) is 488 Å². The molecule has 8 aromatic heterocycles. The third-order valence-electron chi connectivity index (χ3n) is 26.4. The van der Waals surface area contributed by atoms with E-state index in [1.807, 2.05) is 37.1 Å². The lowest BCUT2D eigenvalue weighted by Gasteiger charge is -2.25. The van der Waals surface area contributed by atoms with E-state index in [0.717, 1.165) is 35.9 Å². The maximum atomic E-state index is 5.89. The average molecular weight is 2030 g/mol. The molecule has 148 heavy (non-hydrogen) atoms. The zero-order valence-corrected chi connectivity index (χ0v) is 106. The Morgan fingerprint density at radius 3 is 0.905 bits per heavy atom. The van der Waals surface area contributed by atoms with Crippen LogP contribution < -0.4 is 21.3 Å². The molecule has 15 nitrogen and oxygen atoms in total. The summed E-state index contributed by atoms with van der Waals surface area (Å²) in [6.07, 6.45) is 11.2. The van der Waals surface area contributed by atoms with Gasteiger partial charge in [0, 0.05) is 123 Å². The molecule has 0 saturated carbocycles. The van der Waals surface area contributed by atoms with Crippen molar-refractivity contribution in [2.75, 3.05) is 77.6 Å². The van der Waals surface area contributed by atoms with E-state index >= 15 is 0 Å². The number of aromatic nitrogens is 9. The summed E-state index contributed by atoms with van der Waals surface area (Å²) in [6.45, 7) is 113. The number of nitrogen functional groups attached to an aromatic ring is 2. The molecule has 828 valence electrons. The lowest BCUT2D eigenvalue weighted by molar-refractivity contribution is 0.395. The molecule has 4 N–H and O–H groups in total. The van der Waals surface area contributed by atoms with E-state index in [9.17, 15) is 0 Å². The summed E-state index contributed by atoms with van der Waals surface area (Å²) < 4.78 is 0. The lowest BCUT2D eigenvalue weighted by atomic mass is 9.81. The third-order valence-corrected chi connectivity index (χ3v) is 26.4. The fraction of sp³-hybridized carbons (Fsp3) is 0.617. The Morgan fingerprint density at radius 2 is 0.561 bits per heavy atom. The molecule has 0 unspecified atom stereocenters. The topological polar surface area (TPSA) is 181 Å². The summed E-state index contributed by atoms with van der Waals surface area (Å²) in [5.41, 5.74) is 51.2. The summed E-state index contributed by atoms with van der Waals surface area (Å²) in [5, 5.41) is 0. The van der Waals surface area contributed by atoms with Gasteiger partial charge in [0.2, 0.25) is 0 Å². The number of anilines is 4. The fourth-order valence-electron chi connectivity index (χ4n) is 20.2. The zero-order valence-electron chi connectivity index (χ0n) is 106. The second-order valence-electron chi connectivity index (χ2n) is 50.3. The van der Waals surface area contributed by atoms with Gasteiger partial charge in [0.05, 0.1) is 11.4 Å². The highest BCUT2D eigenvalue weighted by molar-refractivity contribution is 5.59. The van der Waals surface area contributed by atoms with Crippen molar-refractivity contribution in [3.8, 4) is 0 Å². The van der Waals surface area contributed by atoms with Gasteiger partial charge >= 0.3 is 0 Å². The third kappa shape index (κ3) is 42.7. The van der Waals surface area contributed by atoms with Gasteiger partial charge in [0.15, 0.2) is 0 Å². The van der Waals surface area contributed by atoms with Crippen LogP contribution in [0.4, 0.5) is 23.1 Å². The van der Waals surface area contributed by atoms with Gasteiger partial charge in [-0.2, -0.15) is 0 Å². The van der Waals surface area contributed by atoms with Crippen LogP contribution in [0.2, 0.25) is 0 Å². The molecule has 0 aliphatic carbocycles. The molecule has 0 amide bonds. The van der Waals surface area contributed by atoms with Gasteiger partial charge in [-0.3, -0.25) is 24.9 Å². The maximum absolute atomic E-state index is 5.89. The molecule has 10 aromatic rings. The molecule has 0 bridgehead atoms. The fourth-order valence-corrected chi connectivity index (χ4v) is 20.2. The number of hydrogen-bond donors (Lipinski definition) is 2. The molecule has 0 aliphatic heterocycles. The molecule has 8 heterocycles. The smallest absolute Gasteiger partial charge is 0.131 e. The Balaban J connectivity index is 0.000000823. The SMILES string of the molecule is CC(C)c1cccc(C(C)C)c1C(C)C.CC(C)c1cccc(N(C)C)c1C(C)C.CC(C)c1ccnc(C(C)C)c1C(C)C.CC(C)c1ccnc(N(C)C)c1C(C)C.CC(C)c1nccc(CN(C)C)c1C(C)C.CC(C)c1ncnc(N)c1C(C)(C)C.Cc1cc(CN(C)C)nc(C(C)C)c1C(C)C.Cc1cc(N)nc(C(C)C)c1C(C)C.Cc1ccnc(C(C)C)c1C(C)(C)C.Cc1ccnc(C(C)C)c1C(C)C. The monoisotopic (exact) mass is 2030 g/mol. The van der Waals surface area contributed by atoms with Crippen molar-refractivity contribution in [3.05, 3.63) is 273 Å². The molecule has 2 aromatic carbocycles. The van der Waals surface area contributed by atoms with Gasteiger partial charge < -0.3 is 31.1 Å². The number of hydrogen-bond acceptors (Lipinski definition) is 15. The molecule has 10 rings (SSSR count). The van der Waals surface area contributed by atoms with Crippen LogP contribution >= 0.6 is 0 Å². The van der Waals surface area contributed by atoms with Crippen LogP contribution in [0.5, 0.6) is 0 Å². The predicted molar refractivity (Wildman–Crippen MR) is 655 cm³/mol. The van der Waals surface area contributed by atoms with Gasteiger partial charge in [0.25, 0.3) is 0 Å². The largest absolute Gasteiger partial charge is 0.384 e. The maximum Gasteiger partial charge on any atom is 0.131 e. The summed E-state index contributed by atoms with van der Waals surface area (Å²) in [5.74, 6) is 13.2. The van der Waals surface area contributed by atoms with Crippen molar-refractivity contribution >= 4 is 23.1 Å². The number of aryl methyl sites for hydroxylation is 4. The highest BCUT2D eigenvalue weighted by atomic mass is 15.1. The molecular formula is C133H221N15. The first-order chi connectivity index (χ1) is 68.2. The number of nitrogens with two attached hydrogens (primary N) is 2. The average Bonchev–Trinajstić information content (AvgIpc) is 0.821. The van der Waals surface area contributed by atoms with Crippen LogP contribution in [0.3, 0.4) is 0 Å². The van der Waals surface area contributed by atoms with E-state index in [0.29, 0.717) is 130 Å². The van der Waals surface area contributed by atoms with E-state index in [4.69, 9.17) is 16.5 Å². The van der Waals surface area contributed by atoms with Crippen LogP contribution in [0.1, 0.15) is 594 Å². The highest BCUT2D eigenvalue weighted by Gasteiger charge is 2.28. The van der Waals surface area contributed by atoms with Crippen LogP contribution in [0.15, 0.2) is 116 Å². The molecular weight excluding hydrogens is 1810 g/mol. The second kappa shape index (κ2) is 63.9. The normalized spacial score (nSPS) is 11.7. The van der Waals surface area contributed by atoms with E-state index in [2.05, 4.69) is 535 Å². The van der Waals surface area contributed by atoms with Crippen LogP contribution in [-0.4, -0.2) is 111 Å². The highest BCUT2D eigenvalue weighted by Crippen LogP contribution is 2.41. The lowest BCUT2D eigenvalue weighted by Crippen LogP contribution is -2.19. The zero-order chi connectivity index (χ0) is 115. The quantitative estimate of drug-likeness (QED) is 0.0522. The van der Waals surface area contributed by atoms with Crippen LogP contribution in [-0.2, 0) is 23.9 Å². The first-order valence-corrected chi connectivity index (χ1v) is 56.3. The van der Waals surface area contributed by atoms with Crippen LogP contribution in [0, 0.1) is 27.7 Å². The molecule has 0 atom stereocenters. The van der Waals surface area contributed by atoms with E-state index in [1.165, 1.54) is 140 Å². The Hall–Kier alpha value is -9.31. The Bertz CT molecular complexity index is 5090. The van der Waals surface area contributed by atoms with Crippen molar-refractivity contribution in [1.29, 1.82) is 0 Å². The van der Waals surface area contributed by atoms with Crippen molar-refractivity contribution in [2.24, 2.45) is 0 Å². The Labute approximate surface area is 911 Å². The van der Waals surface area contributed by atoms with Gasteiger partial charge in [0.1, 0.15) is 23.8 Å². The van der Waals surface area contributed by atoms with Crippen molar-refractivity contribution < 1.29 is 0 Å². The summed E-state index contributed by atoms with van der Waals surface area (Å²) in [6, 6.07) is 28.3. The standard InChI is InChI=1S/C15H26N2.C15H24.C14H24N2.2C14H23N.C13H22N2.C13H21N.C12H20N2.C12H19N.C11H19N3/c1-10(2)14-12(5)8-13(9-17(6)7)16-15(14)11(3)4;1-10(2)13-8-7-9-14(11(3)4)15(13)12(5)6;1-10(2)13-12(9-16(5)6)7-8-15-14(13)11(3)4;1-10(2)12-8-7-9-13(15(5)6)14(12)11(3)4;1-9(2)12-7-8-15-14(11(5)6)13(12)10(3)4;1-9(2)11-7-8-14-13(15(5)6)12(11)10(3)4;1-9(2)12-11(13(4,5)6)10(3)7-8-14-12;1-7(2)11-9(5)6-10(13)14-12(11)8(3)4;1-8(2)11-10(5)6-7-13-12(11)9(3)4;1-7(2)9-8(11(3,4)5)10(12)14-6-13-9/h8,10-11H,9H2,1-7H3;7-12H,1-6H3;7-8,10-11H,9H2,1-6H3;2*7-11H,1-6H3;7-10H,1-6H3;7-9H,1-6H3;6-8H,1-5H3,(H2,13,14);6-9H,1-5H3;6-7H,1-5H3,(H2,12,13,14). The molecule has 0 radical (unpaired) electrons. The minimum atomic E-state index is 0.00491. The molecule has 15 heteroatoms. The van der Waals surface area contributed by atoms with Crippen molar-refractivity contribution in [1.82, 2.24) is 54.7 Å². The number of rotatable bonds is 26. The van der Waals surface area contributed by atoms with Gasteiger partial charge in [-0.05, 0) is 334 Å². The molecule has 0 aliphatic rings. The van der Waals surface area contributed by atoms with Gasteiger partial charge in [-0.15, -0.1) is 0 Å². The number of pyridine rings is 7. The van der Waals surface area contributed by atoms with E-state index in [1.54, 1.807) is 11.9 Å². The number of nitrogens with zero attached hydrogens (tertiary/aromatic N) is 13. The van der Waals surface area contributed by atoms with Gasteiger partial charge in [-0.1, -0.05) is 349 Å². The second-order valence-corrected chi connectivity index (χ2v) is 50.3. The minimum absolute atomic E-state index is 0.00491. The first-order valence-electron chi connectivity index (χ1n) is 56.3. The van der Waals surface area contributed by atoms with Gasteiger partial charge in [-0.25, -0.2) is 19.9 Å².